The molecule has 4 nitrogen and oxygen atoms in total. The van der Waals surface area contributed by atoms with Gasteiger partial charge in [-0.05, 0) is 32.0 Å². The van der Waals surface area contributed by atoms with Crippen molar-refractivity contribution in [2.45, 2.75) is 32.5 Å². The molecule has 1 aromatic rings. The van der Waals surface area contributed by atoms with E-state index in [1.807, 2.05) is 11.8 Å². The Morgan fingerprint density at radius 1 is 1.39 bits per heavy atom. The van der Waals surface area contributed by atoms with Crippen LogP contribution in [0.1, 0.15) is 19.8 Å². The van der Waals surface area contributed by atoms with Gasteiger partial charge in [-0.1, -0.05) is 0 Å². The smallest absolute Gasteiger partial charge is 0.341 e. The highest BCUT2D eigenvalue weighted by Gasteiger charge is 2.41. The van der Waals surface area contributed by atoms with Gasteiger partial charge >= 0.3 is 6.18 Å². The Morgan fingerprint density at radius 2 is 2.00 bits per heavy atom. The van der Waals surface area contributed by atoms with E-state index in [1.54, 1.807) is 4.57 Å². The number of halogens is 3. The summed E-state index contributed by atoms with van der Waals surface area (Å²) in [6, 6.07) is 0. The number of hydrogen-bond donors (Lipinski definition) is 1. The summed E-state index contributed by atoms with van der Waals surface area (Å²) < 4.78 is 40.0. The first-order valence-electron chi connectivity index (χ1n) is 5.90. The largest absolute Gasteiger partial charge is 0.391 e. The fraction of sp³-hybridized carbons (Fsp3) is 0.800. The van der Waals surface area contributed by atoms with Crippen LogP contribution in [0, 0.1) is 10.7 Å². The molecule has 1 aliphatic heterocycles. The second-order valence-electron chi connectivity index (χ2n) is 4.38. The first kappa shape index (κ1) is 13.4. The van der Waals surface area contributed by atoms with Crippen LogP contribution in [-0.2, 0) is 6.54 Å². The van der Waals surface area contributed by atoms with Crippen molar-refractivity contribution >= 4 is 18.2 Å². The first-order valence-corrected chi connectivity index (χ1v) is 6.31. The van der Waals surface area contributed by atoms with Crippen LogP contribution < -0.4 is 4.90 Å². The Bertz CT molecular complexity index is 456. The van der Waals surface area contributed by atoms with E-state index in [0.29, 0.717) is 30.4 Å². The fourth-order valence-corrected chi connectivity index (χ4v) is 2.50. The van der Waals surface area contributed by atoms with Crippen molar-refractivity contribution < 1.29 is 13.2 Å². The van der Waals surface area contributed by atoms with Crippen LogP contribution >= 0.6 is 12.2 Å². The van der Waals surface area contributed by atoms with E-state index >= 15 is 0 Å². The Labute approximate surface area is 108 Å². The Morgan fingerprint density at radius 3 is 2.50 bits per heavy atom. The number of aromatic nitrogens is 3. The second kappa shape index (κ2) is 4.91. The van der Waals surface area contributed by atoms with Crippen molar-refractivity contribution in [3.05, 3.63) is 4.77 Å². The van der Waals surface area contributed by atoms with Gasteiger partial charge in [-0.2, -0.15) is 13.2 Å². The third kappa shape index (κ3) is 2.52. The molecule has 0 atom stereocenters. The minimum Gasteiger partial charge on any atom is -0.341 e. The van der Waals surface area contributed by atoms with Crippen molar-refractivity contribution in [2.75, 3.05) is 18.0 Å². The third-order valence-electron chi connectivity index (χ3n) is 3.30. The monoisotopic (exact) mass is 280 g/mol. The third-order valence-corrected chi connectivity index (χ3v) is 3.61. The van der Waals surface area contributed by atoms with Gasteiger partial charge in [0, 0.05) is 19.6 Å². The number of nitrogens with one attached hydrogen (secondary N) is 1. The fourth-order valence-electron chi connectivity index (χ4n) is 2.24. The van der Waals surface area contributed by atoms with Gasteiger partial charge in [0.2, 0.25) is 5.95 Å². The van der Waals surface area contributed by atoms with E-state index in [1.165, 1.54) is 0 Å². The van der Waals surface area contributed by atoms with E-state index in [-0.39, 0.29) is 12.8 Å². The summed E-state index contributed by atoms with van der Waals surface area (Å²) in [4.78, 5) is 1.86. The molecule has 8 heteroatoms. The number of aromatic amines is 1. The lowest BCUT2D eigenvalue weighted by Gasteiger charge is -2.33. The average Bonchev–Trinajstić information content (AvgIpc) is 2.69. The van der Waals surface area contributed by atoms with E-state index < -0.39 is 12.1 Å². The first-order chi connectivity index (χ1) is 8.43. The molecule has 0 saturated carbocycles. The SMILES string of the molecule is CCn1c(N2CCC(C(F)(F)F)CC2)n[nH]c1=S. The predicted octanol–water partition coefficient (Wildman–Crippen LogP) is 2.74. The van der Waals surface area contributed by atoms with Crippen LogP contribution in [0.4, 0.5) is 19.1 Å². The lowest BCUT2D eigenvalue weighted by atomic mass is 9.96. The number of H-pyrrole nitrogens is 1. The zero-order valence-electron chi connectivity index (χ0n) is 10.00. The molecule has 2 rings (SSSR count). The molecule has 1 N–H and O–H groups in total. The molecule has 0 unspecified atom stereocenters. The molecule has 1 aliphatic rings. The maximum atomic E-state index is 12.6. The van der Waals surface area contributed by atoms with Gasteiger partial charge in [0.05, 0.1) is 5.92 Å². The van der Waals surface area contributed by atoms with Crippen molar-refractivity contribution in [1.29, 1.82) is 0 Å². The molecule has 102 valence electrons. The highest BCUT2D eigenvalue weighted by molar-refractivity contribution is 7.71. The van der Waals surface area contributed by atoms with Gasteiger partial charge in [-0.3, -0.25) is 4.57 Å². The topological polar surface area (TPSA) is 36.9 Å². The molecule has 0 amide bonds. The molecule has 2 heterocycles. The van der Waals surface area contributed by atoms with Crippen molar-refractivity contribution in [3.8, 4) is 0 Å². The molecule has 1 saturated heterocycles. The zero-order valence-corrected chi connectivity index (χ0v) is 10.8. The summed E-state index contributed by atoms with van der Waals surface area (Å²) in [7, 11) is 0. The molecule has 0 bridgehead atoms. The van der Waals surface area contributed by atoms with Crippen LogP contribution in [0.5, 0.6) is 0 Å². The van der Waals surface area contributed by atoms with E-state index in [0.717, 1.165) is 0 Å². The maximum Gasteiger partial charge on any atom is 0.391 e. The van der Waals surface area contributed by atoms with Crippen molar-refractivity contribution in [1.82, 2.24) is 14.8 Å². The van der Waals surface area contributed by atoms with Crippen LogP contribution in [-0.4, -0.2) is 34.0 Å². The van der Waals surface area contributed by atoms with Gasteiger partial charge in [0.1, 0.15) is 0 Å². The minimum atomic E-state index is -4.08. The summed E-state index contributed by atoms with van der Waals surface area (Å²) in [5.41, 5.74) is 0. The van der Waals surface area contributed by atoms with Gasteiger partial charge in [-0.15, -0.1) is 5.10 Å². The van der Waals surface area contributed by atoms with E-state index in [4.69, 9.17) is 12.2 Å². The number of nitrogens with zero attached hydrogens (tertiary/aromatic N) is 3. The molecule has 1 aromatic heterocycles. The number of alkyl halides is 3. The molecule has 0 radical (unpaired) electrons. The van der Waals surface area contributed by atoms with Crippen LogP contribution in [0.15, 0.2) is 0 Å². The van der Waals surface area contributed by atoms with E-state index in [2.05, 4.69) is 10.2 Å². The molecule has 0 aromatic carbocycles. The van der Waals surface area contributed by atoms with E-state index in [9.17, 15) is 13.2 Å². The quantitative estimate of drug-likeness (QED) is 0.846. The molecular formula is C10H15F3N4S. The molecule has 1 fully saturated rings. The van der Waals surface area contributed by atoms with Crippen LogP contribution in [0.2, 0.25) is 0 Å². The van der Waals surface area contributed by atoms with Crippen LogP contribution in [0.3, 0.4) is 0 Å². The normalized spacial score (nSPS) is 18.3. The zero-order chi connectivity index (χ0) is 13.3. The van der Waals surface area contributed by atoms with Gasteiger partial charge in [0.25, 0.3) is 0 Å². The molecule has 18 heavy (non-hydrogen) atoms. The Balaban J connectivity index is 2.08. The van der Waals surface area contributed by atoms with Crippen LogP contribution in [0.25, 0.3) is 0 Å². The van der Waals surface area contributed by atoms with Gasteiger partial charge in [0.15, 0.2) is 4.77 Å². The summed E-state index contributed by atoms with van der Waals surface area (Å²) in [6.45, 7) is 3.31. The summed E-state index contributed by atoms with van der Waals surface area (Å²) in [5.74, 6) is -0.547. The number of hydrogen-bond acceptors (Lipinski definition) is 3. The number of anilines is 1. The highest BCUT2D eigenvalue weighted by Crippen LogP contribution is 2.34. The molecule has 0 aliphatic carbocycles. The predicted molar refractivity (Wildman–Crippen MR) is 64.1 cm³/mol. The minimum absolute atomic E-state index is 0.118. The average molecular weight is 280 g/mol. The van der Waals surface area contributed by atoms with Crippen molar-refractivity contribution in [3.63, 3.8) is 0 Å². The number of rotatable bonds is 2. The maximum absolute atomic E-state index is 12.6. The summed E-state index contributed by atoms with van der Waals surface area (Å²) >= 11 is 5.06. The Kier molecular flexibility index (Phi) is 3.65. The van der Waals surface area contributed by atoms with Gasteiger partial charge < -0.3 is 4.90 Å². The number of piperidine rings is 1. The van der Waals surface area contributed by atoms with Crippen molar-refractivity contribution in [2.24, 2.45) is 5.92 Å². The second-order valence-corrected chi connectivity index (χ2v) is 4.76. The lowest BCUT2D eigenvalue weighted by molar-refractivity contribution is -0.179. The molecule has 0 spiro atoms. The highest BCUT2D eigenvalue weighted by atomic mass is 32.1. The molecular weight excluding hydrogens is 265 g/mol. The lowest BCUT2D eigenvalue weighted by Crippen LogP contribution is -2.40. The standard InChI is InChI=1S/C10H15F3N4S/c1-2-17-8(14-15-9(17)18)16-5-3-7(4-6-16)10(11,12)13/h7H,2-6H2,1H3,(H,15,18). The summed E-state index contributed by atoms with van der Waals surface area (Å²) in [6.07, 6.45) is -3.85. The summed E-state index contributed by atoms with van der Waals surface area (Å²) in [5, 5.41) is 6.77. The van der Waals surface area contributed by atoms with Gasteiger partial charge in [-0.25, -0.2) is 5.10 Å². The Hall–Kier alpha value is -1.05.